The summed E-state index contributed by atoms with van der Waals surface area (Å²) in [5.41, 5.74) is 0. The van der Waals surface area contributed by atoms with Crippen molar-refractivity contribution in [1.82, 2.24) is 16.0 Å². The lowest BCUT2D eigenvalue weighted by Crippen LogP contribution is -2.46. The van der Waals surface area contributed by atoms with Gasteiger partial charge in [0.2, 0.25) is 17.7 Å². The molecule has 0 aromatic heterocycles. The van der Waals surface area contributed by atoms with E-state index in [1.54, 1.807) is 0 Å². The monoisotopic (exact) mass is 341 g/mol. The fourth-order valence-corrected chi connectivity index (χ4v) is 2.50. The van der Waals surface area contributed by atoms with Gasteiger partial charge in [0.15, 0.2) is 0 Å². The van der Waals surface area contributed by atoms with Crippen LogP contribution >= 0.6 is 0 Å². The van der Waals surface area contributed by atoms with Crippen LogP contribution in [0.2, 0.25) is 0 Å². The Morgan fingerprint density at radius 2 is 1.54 bits per heavy atom. The summed E-state index contributed by atoms with van der Waals surface area (Å²) < 4.78 is 0. The van der Waals surface area contributed by atoms with Gasteiger partial charge < -0.3 is 16.0 Å². The molecule has 0 aliphatic rings. The van der Waals surface area contributed by atoms with Gasteiger partial charge in [-0.15, -0.1) is 0 Å². The van der Waals surface area contributed by atoms with Gasteiger partial charge in [-0.3, -0.25) is 14.4 Å². The Balaban J connectivity index is 4.01. The molecule has 0 spiro atoms. The van der Waals surface area contributed by atoms with Crippen molar-refractivity contribution in [3.05, 3.63) is 0 Å². The second-order valence-corrected chi connectivity index (χ2v) is 6.33. The first-order valence-corrected chi connectivity index (χ1v) is 9.24. The molecule has 0 aliphatic carbocycles. The molecule has 3 amide bonds. The standard InChI is InChI=1S/C18H35N3O3/c1-5-7-8-12-16(21-15(4)22)18(24)20-13-10-9-11-14(3)17(23)19-6-2/h14,16H,5-13H2,1-4H3,(H,19,23)(H,20,24)(H,21,22). The Hall–Kier alpha value is -1.59. The second kappa shape index (κ2) is 13.8. The van der Waals surface area contributed by atoms with Gasteiger partial charge in [0, 0.05) is 25.9 Å². The minimum Gasteiger partial charge on any atom is -0.356 e. The van der Waals surface area contributed by atoms with E-state index in [1.165, 1.54) is 6.92 Å². The quantitative estimate of drug-likeness (QED) is 0.449. The number of hydrogen-bond donors (Lipinski definition) is 3. The van der Waals surface area contributed by atoms with Crippen LogP contribution in [0.15, 0.2) is 0 Å². The topological polar surface area (TPSA) is 87.3 Å². The maximum Gasteiger partial charge on any atom is 0.242 e. The van der Waals surface area contributed by atoms with Gasteiger partial charge in [-0.2, -0.15) is 0 Å². The molecule has 0 saturated carbocycles. The first-order chi connectivity index (χ1) is 11.4. The minimum atomic E-state index is -0.441. The van der Waals surface area contributed by atoms with Crippen LogP contribution in [-0.2, 0) is 14.4 Å². The van der Waals surface area contributed by atoms with Gasteiger partial charge >= 0.3 is 0 Å². The molecule has 140 valence electrons. The molecule has 0 aromatic rings. The zero-order chi connectivity index (χ0) is 18.4. The summed E-state index contributed by atoms with van der Waals surface area (Å²) in [5.74, 6) is -0.203. The van der Waals surface area contributed by atoms with Crippen molar-refractivity contribution >= 4 is 17.7 Å². The van der Waals surface area contributed by atoms with Gasteiger partial charge in [0.1, 0.15) is 6.04 Å². The number of nitrogens with one attached hydrogen (secondary N) is 3. The molecule has 2 atom stereocenters. The van der Waals surface area contributed by atoms with Crippen LogP contribution in [0, 0.1) is 5.92 Å². The Labute approximate surface area is 146 Å². The van der Waals surface area contributed by atoms with E-state index < -0.39 is 6.04 Å². The molecule has 6 heteroatoms. The van der Waals surface area contributed by atoms with Crippen molar-refractivity contribution in [3.8, 4) is 0 Å². The van der Waals surface area contributed by atoms with Crippen molar-refractivity contribution in [1.29, 1.82) is 0 Å². The third-order valence-corrected chi connectivity index (χ3v) is 3.95. The van der Waals surface area contributed by atoms with Crippen LogP contribution < -0.4 is 16.0 Å². The highest BCUT2D eigenvalue weighted by Gasteiger charge is 2.18. The molecule has 0 heterocycles. The Kier molecular flexibility index (Phi) is 12.9. The van der Waals surface area contributed by atoms with Gasteiger partial charge in [-0.25, -0.2) is 0 Å². The van der Waals surface area contributed by atoms with Crippen LogP contribution in [-0.4, -0.2) is 36.9 Å². The molecule has 0 radical (unpaired) electrons. The largest absolute Gasteiger partial charge is 0.356 e. The zero-order valence-corrected chi connectivity index (χ0v) is 15.7. The Morgan fingerprint density at radius 3 is 2.12 bits per heavy atom. The lowest BCUT2D eigenvalue weighted by atomic mass is 10.0. The number of carbonyl (C=O) groups excluding carboxylic acids is 3. The van der Waals surface area contributed by atoms with Crippen LogP contribution in [0.4, 0.5) is 0 Å². The first-order valence-electron chi connectivity index (χ1n) is 9.24. The average Bonchev–Trinajstić information content (AvgIpc) is 2.53. The van der Waals surface area contributed by atoms with Gasteiger partial charge in [-0.1, -0.05) is 39.5 Å². The smallest absolute Gasteiger partial charge is 0.242 e. The highest BCUT2D eigenvalue weighted by molar-refractivity contribution is 5.86. The molecular weight excluding hydrogens is 306 g/mol. The Morgan fingerprint density at radius 1 is 0.875 bits per heavy atom. The molecule has 24 heavy (non-hydrogen) atoms. The lowest BCUT2D eigenvalue weighted by molar-refractivity contribution is -0.128. The molecule has 0 fully saturated rings. The van der Waals surface area contributed by atoms with Crippen molar-refractivity contribution in [2.45, 2.75) is 78.7 Å². The van der Waals surface area contributed by atoms with Crippen LogP contribution in [0.25, 0.3) is 0 Å². The van der Waals surface area contributed by atoms with E-state index >= 15 is 0 Å². The third kappa shape index (κ3) is 11.0. The molecule has 6 nitrogen and oxygen atoms in total. The molecule has 3 N–H and O–H groups in total. The van der Waals surface area contributed by atoms with Gasteiger partial charge in [0.05, 0.1) is 0 Å². The second-order valence-electron chi connectivity index (χ2n) is 6.33. The van der Waals surface area contributed by atoms with E-state index in [-0.39, 0.29) is 23.6 Å². The molecule has 0 aliphatic heterocycles. The van der Waals surface area contributed by atoms with Gasteiger partial charge in [-0.05, 0) is 26.2 Å². The summed E-state index contributed by atoms with van der Waals surface area (Å²) in [6.45, 7) is 8.60. The Bertz CT molecular complexity index is 386. The van der Waals surface area contributed by atoms with Crippen molar-refractivity contribution in [2.75, 3.05) is 13.1 Å². The number of rotatable bonds is 13. The summed E-state index contributed by atoms with van der Waals surface area (Å²) in [4.78, 5) is 35.0. The fourth-order valence-electron chi connectivity index (χ4n) is 2.50. The van der Waals surface area contributed by atoms with Crippen LogP contribution in [0.1, 0.15) is 72.6 Å². The molecule has 0 aromatic carbocycles. The molecule has 0 rings (SSSR count). The summed E-state index contributed by atoms with van der Waals surface area (Å²) in [5, 5.41) is 8.42. The maximum atomic E-state index is 12.2. The van der Waals surface area contributed by atoms with E-state index in [0.717, 1.165) is 38.5 Å². The molecular formula is C18H35N3O3. The van der Waals surface area contributed by atoms with E-state index in [1.807, 2.05) is 13.8 Å². The average molecular weight is 341 g/mol. The first kappa shape index (κ1) is 22.4. The van der Waals surface area contributed by atoms with Crippen molar-refractivity contribution in [2.24, 2.45) is 5.92 Å². The highest BCUT2D eigenvalue weighted by atomic mass is 16.2. The molecule has 2 unspecified atom stereocenters. The van der Waals surface area contributed by atoms with E-state index in [9.17, 15) is 14.4 Å². The molecule has 0 saturated heterocycles. The number of unbranched alkanes of at least 4 members (excludes halogenated alkanes) is 3. The maximum absolute atomic E-state index is 12.2. The SMILES string of the molecule is CCCCCC(NC(C)=O)C(=O)NCCCCC(C)C(=O)NCC. The number of hydrogen-bond acceptors (Lipinski definition) is 3. The minimum absolute atomic E-state index is 0.00169. The number of amides is 3. The van der Waals surface area contributed by atoms with Crippen molar-refractivity contribution < 1.29 is 14.4 Å². The molecule has 0 bridgehead atoms. The van der Waals surface area contributed by atoms with Crippen LogP contribution in [0.3, 0.4) is 0 Å². The highest BCUT2D eigenvalue weighted by Crippen LogP contribution is 2.08. The van der Waals surface area contributed by atoms with E-state index in [2.05, 4.69) is 22.9 Å². The van der Waals surface area contributed by atoms with Crippen LogP contribution in [0.5, 0.6) is 0 Å². The summed E-state index contributed by atoms with van der Waals surface area (Å²) in [6.07, 6.45) is 6.27. The number of carbonyl (C=O) groups is 3. The summed E-state index contributed by atoms with van der Waals surface area (Å²) in [7, 11) is 0. The van der Waals surface area contributed by atoms with E-state index in [0.29, 0.717) is 19.5 Å². The fraction of sp³-hybridized carbons (Fsp3) is 0.833. The summed E-state index contributed by atoms with van der Waals surface area (Å²) in [6, 6.07) is -0.441. The van der Waals surface area contributed by atoms with E-state index in [4.69, 9.17) is 0 Å². The lowest BCUT2D eigenvalue weighted by Gasteiger charge is -2.17. The summed E-state index contributed by atoms with van der Waals surface area (Å²) >= 11 is 0. The third-order valence-electron chi connectivity index (χ3n) is 3.95. The van der Waals surface area contributed by atoms with Gasteiger partial charge in [0.25, 0.3) is 0 Å². The normalized spacial score (nSPS) is 13.0. The predicted octanol–water partition coefficient (Wildman–Crippen LogP) is 2.13. The zero-order valence-electron chi connectivity index (χ0n) is 15.7. The van der Waals surface area contributed by atoms with Crippen molar-refractivity contribution in [3.63, 3.8) is 0 Å². The predicted molar refractivity (Wildman–Crippen MR) is 96.5 cm³/mol.